The lowest BCUT2D eigenvalue weighted by atomic mass is 9.81. The largest absolute Gasteiger partial charge is 0.382 e. The molecular formula is C113H146N20. The lowest BCUT2D eigenvalue weighted by Gasteiger charge is -2.24. The number of hydrogen-bond acceptors (Lipinski definition) is 16. The molecule has 10 aromatic heterocycles. The number of aryl methyl sites for hydroxylation is 8. The Morgan fingerprint density at radius 2 is 0.556 bits per heavy atom. The third kappa shape index (κ3) is 27.1. The predicted octanol–water partition coefficient (Wildman–Crippen LogP) is 25.5. The maximum absolute atomic E-state index is 6.00. The standard InChI is InChI=1S/4C17H18N4.C9H8.2C8H7N.C4H4N2.8C2H6/c4*1-21-9-14(15-16(21)17(18)20-10-19-15)13-7-6-11-4-2-3-5-12(11)8-13;1-2-5-9-7-3-6-8(9)4-1;1-3-7-4-2-6-9-8(7)5-1;1-2-4-8-6-9-5-7(8)3-1;1-2-5-4-6-3-1;8*1-2/h4*2-5,9-10,13H,6-8H2,1H3,(H2,18,19,20);1-6H,7H2;1-4,6H,5H2;1-5H,6H2;1-4H;8*1-2H3. The fourth-order valence-electron chi connectivity index (χ4n) is 17.8. The van der Waals surface area contributed by atoms with Crippen LogP contribution in [0.2, 0.25) is 0 Å². The molecule has 0 fully saturated rings. The van der Waals surface area contributed by atoms with Gasteiger partial charge in [0.15, 0.2) is 23.3 Å². The third-order valence-corrected chi connectivity index (χ3v) is 23.6. The van der Waals surface area contributed by atoms with Gasteiger partial charge >= 0.3 is 0 Å². The van der Waals surface area contributed by atoms with Crippen LogP contribution in [0, 0.1) is 0 Å². The zero-order valence-corrected chi connectivity index (χ0v) is 82.8. The van der Waals surface area contributed by atoms with E-state index in [-0.39, 0.29) is 0 Å². The Morgan fingerprint density at radius 3 is 0.857 bits per heavy atom. The van der Waals surface area contributed by atoms with Crippen LogP contribution in [0.15, 0.2) is 256 Å². The molecule has 0 spiro atoms. The number of anilines is 4. The van der Waals surface area contributed by atoms with Gasteiger partial charge in [0.2, 0.25) is 0 Å². The molecule has 4 atom stereocenters. The van der Waals surface area contributed by atoms with Gasteiger partial charge in [-0.2, -0.15) is 0 Å². The molecule has 0 saturated carbocycles. The van der Waals surface area contributed by atoms with Crippen molar-refractivity contribution >= 4 is 85.8 Å². The van der Waals surface area contributed by atoms with Gasteiger partial charge in [-0.3, -0.25) is 9.98 Å². The minimum absolute atomic E-state index is 0.512. The van der Waals surface area contributed by atoms with Gasteiger partial charge in [0, 0.05) is 84.2 Å². The van der Waals surface area contributed by atoms with Crippen LogP contribution < -0.4 is 22.9 Å². The second-order valence-corrected chi connectivity index (χ2v) is 31.0. The van der Waals surface area contributed by atoms with E-state index in [4.69, 9.17) is 22.9 Å². The highest BCUT2D eigenvalue weighted by Gasteiger charge is 2.29. The molecule has 23 rings (SSSR count). The smallest absolute Gasteiger partial charge is 0.151 e. The average molecular weight is 1780 g/mol. The first kappa shape index (κ1) is 105. The van der Waals surface area contributed by atoms with E-state index < -0.39 is 0 Å². The van der Waals surface area contributed by atoms with Crippen molar-refractivity contribution in [2.45, 2.75) is 231 Å². The Hall–Kier alpha value is -13.6. The van der Waals surface area contributed by atoms with E-state index in [2.05, 4.69) is 267 Å². The fourth-order valence-corrected chi connectivity index (χ4v) is 17.8. The van der Waals surface area contributed by atoms with Crippen LogP contribution >= 0.6 is 0 Å². The zero-order valence-electron chi connectivity index (χ0n) is 82.8. The van der Waals surface area contributed by atoms with Crippen LogP contribution in [0.4, 0.5) is 23.3 Å². The summed E-state index contributed by atoms with van der Waals surface area (Å²) in [5.74, 6) is 4.29. The molecule has 0 saturated heterocycles. The Kier molecular flexibility index (Phi) is 43.7. The number of aliphatic imine (C=N–C) groups is 1. The van der Waals surface area contributed by atoms with E-state index in [0.29, 0.717) is 46.9 Å². The number of hydrogen-bond donors (Lipinski definition) is 4. The monoisotopic (exact) mass is 1780 g/mol. The topological polar surface area (TPSA) is 278 Å². The number of nitrogens with two attached hydrogens (primary N) is 4. The number of nitrogen functional groups attached to an aromatic ring is 4. The maximum Gasteiger partial charge on any atom is 0.151 e. The number of aromatic nitrogens is 15. The summed E-state index contributed by atoms with van der Waals surface area (Å²) in [4.78, 5) is 50.0. The highest BCUT2D eigenvalue weighted by Crippen LogP contribution is 2.42. The third-order valence-electron chi connectivity index (χ3n) is 23.6. The highest BCUT2D eigenvalue weighted by molar-refractivity contribution is 5.91. The van der Waals surface area contributed by atoms with Crippen LogP contribution in [0.3, 0.4) is 0 Å². The maximum atomic E-state index is 6.00. The minimum Gasteiger partial charge on any atom is -0.382 e. The quantitative estimate of drug-likeness (QED) is 0.127. The molecule has 1 aliphatic heterocycles. The number of fused-ring (bicyclic) bond motifs is 11. The summed E-state index contributed by atoms with van der Waals surface area (Å²) in [6, 6.07) is 57.6. The Labute approximate surface area is 792 Å². The molecule has 0 bridgehead atoms. The number of rotatable bonds is 4. The minimum atomic E-state index is 0.512. The van der Waals surface area contributed by atoms with Crippen molar-refractivity contribution in [1.82, 2.24) is 73.1 Å². The lowest BCUT2D eigenvalue weighted by Crippen LogP contribution is -2.12. The van der Waals surface area contributed by atoms with Gasteiger partial charge < -0.3 is 41.2 Å². The van der Waals surface area contributed by atoms with Crippen LogP contribution in [0.1, 0.15) is 260 Å². The lowest BCUT2D eigenvalue weighted by molar-refractivity contribution is 0.586. The van der Waals surface area contributed by atoms with E-state index in [1.807, 2.05) is 170 Å². The Morgan fingerprint density at radius 1 is 0.271 bits per heavy atom. The van der Waals surface area contributed by atoms with Crippen LogP contribution in [-0.4, -0.2) is 79.3 Å². The van der Waals surface area contributed by atoms with Gasteiger partial charge in [-0.15, -0.1) is 0 Å². The summed E-state index contributed by atoms with van der Waals surface area (Å²) in [5, 5.41) is 0. The van der Waals surface area contributed by atoms with E-state index >= 15 is 0 Å². The fraction of sp³-hybridized carbons (Fsp3) is 0.345. The van der Waals surface area contributed by atoms with E-state index in [1.54, 1.807) is 43.8 Å². The molecule has 11 heterocycles. The molecule has 698 valence electrons. The molecule has 4 unspecified atom stereocenters. The molecular weight excluding hydrogens is 1640 g/mol. The Balaban J connectivity index is 0.000000188. The number of allylic oxidation sites excluding steroid dienone is 2. The van der Waals surface area contributed by atoms with E-state index in [1.165, 1.54) is 132 Å². The molecule has 20 nitrogen and oxygen atoms in total. The van der Waals surface area contributed by atoms with E-state index in [0.717, 1.165) is 115 Å². The van der Waals surface area contributed by atoms with Crippen molar-refractivity contribution in [1.29, 1.82) is 0 Å². The van der Waals surface area contributed by atoms with Gasteiger partial charge in [-0.05, 0) is 214 Å². The van der Waals surface area contributed by atoms with Gasteiger partial charge in [0.1, 0.15) is 53.7 Å². The molecule has 0 radical (unpaired) electrons. The van der Waals surface area contributed by atoms with Crippen LogP contribution in [0.5, 0.6) is 0 Å². The molecule has 133 heavy (non-hydrogen) atoms. The molecule has 16 aromatic rings. The summed E-state index contributed by atoms with van der Waals surface area (Å²) in [6.45, 7) is 32.9. The van der Waals surface area contributed by atoms with Crippen molar-refractivity contribution in [3.8, 4) is 0 Å². The number of benzene rings is 6. The first-order chi connectivity index (χ1) is 65.3. The number of nitrogens with zero attached hydrogens (tertiary/aromatic N) is 16. The molecule has 0 amide bonds. The van der Waals surface area contributed by atoms with Gasteiger partial charge in [-0.25, -0.2) is 49.8 Å². The van der Waals surface area contributed by atoms with Gasteiger partial charge in [0.05, 0.1) is 34.3 Å². The first-order valence-corrected chi connectivity index (χ1v) is 48.5. The second kappa shape index (κ2) is 55.5. The summed E-state index contributed by atoms with van der Waals surface area (Å²) in [6.07, 6.45) is 47.9. The highest BCUT2D eigenvalue weighted by atomic mass is 15.1. The molecule has 6 aromatic carbocycles. The summed E-state index contributed by atoms with van der Waals surface area (Å²) >= 11 is 0. The van der Waals surface area contributed by atoms with Crippen molar-refractivity contribution in [2.24, 2.45) is 33.2 Å². The Bertz CT molecular complexity index is 5550. The van der Waals surface area contributed by atoms with Crippen molar-refractivity contribution in [3.63, 3.8) is 0 Å². The van der Waals surface area contributed by atoms with Crippen LogP contribution in [-0.2, 0) is 98.9 Å². The van der Waals surface area contributed by atoms with Gasteiger partial charge in [-0.1, -0.05) is 287 Å². The normalized spacial score (nSPS) is 14.8. The van der Waals surface area contributed by atoms with Gasteiger partial charge in [0.25, 0.3) is 0 Å². The molecule has 6 aliphatic carbocycles. The molecule has 8 N–H and O–H groups in total. The number of pyridine rings is 1. The van der Waals surface area contributed by atoms with Crippen molar-refractivity contribution in [2.75, 3.05) is 22.9 Å². The summed E-state index contributed by atoms with van der Waals surface area (Å²) < 4.78 is 8.22. The summed E-state index contributed by atoms with van der Waals surface area (Å²) in [7, 11) is 8.06. The predicted molar refractivity (Wildman–Crippen MR) is 563 cm³/mol. The van der Waals surface area contributed by atoms with Crippen LogP contribution in [0.25, 0.3) is 56.3 Å². The molecule has 7 aliphatic rings. The molecule has 20 heteroatoms. The second-order valence-electron chi connectivity index (χ2n) is 31.0. The average Bonchev–Trinajstić information content (AvgIpc) is 1.64. The summed E-state index contributed by atoms with van der Waals surface area (Å²) in [5.41, 5.74) is 56.8. The first-order valence-electron chi connectivity index (χ1n) is 48.5. The van der Waals surface area contributed by atoms with Crippen molar-refractivity contribution in [3.05, 3.63) is 351 Å². The zero-order chi connectivity index (χ0) is 96.1. The van der Waals surface area contributed by atoms with Crippen molar-refractivity contribution < 1.29 is 0 Å². The SMILES string of the molecule is C1=Cc2ccccc2C1.C1=Cc2cccnc2C1.C1=NCc2ccccc21.CC.CC.CC.CC.CC.CC.CC.CC.Cn1cc(C2CCc3ccccc3C2)c2ncnc(N)c21.Cn1cc(C2CCc3ccccc3C2)c2ncnc(N)c21.Cn1cc(C2CCc3ccccc3C2)c2ncnc(N)c21.Cn1cc(C2CCc3ccccc3C2)c2ncnc(N)c21.c1cncnc1. The van der Waals surface area contributed by atoms with E-state index in [9.17, 15) is 0 Å².